The minimum Gasteiger partial charge on any atom is -0.326 e. The summed E-state index contributed by atoms with van der Waals surface area (Å²) in [6.45, 7) is 0. The van der Waals surface area contributed by atoms with Gasteiger partial charge in [0, 0.05) is 35.5 Å². The number of aldehydes is 1. The van der Waals surface area contributed by atoms with Crippen molar-refractivity contribution in [2.24, 2.45) is 0 Å². The summed E-state index contributed by atoms with van der Waals surface area (Å²) >= 11 is 0. The monoisotopic (exact) mass is 583 g/mol. The molecule has 0 unspecified atom stereocenters. The van der Waals surface area contributed by atoms with Gasteiger partial charge in [0.25, 0.3) is 20.2 Å². The summed E-state index contributed by atoms with van der Waals surface area (Å²) in [4.78, 5) is 23.0. The van der Waals surface area contributed by atoms with Crippen molar-refractivity contribution in [3.8, 4) is 0 Å². The predicted molar refractivity (Wildman–Crippen MR) is 151 cm³/mol. The lowest BCUT2D eigenvalue weighted by Gasteiger charge is -2.24. The van der Waals surface area contributed by atoms with E-state index in [9.17, 15) is 35.5 Å². The van der Waals surface area contributed by atoms with Crippen molar-refractivity contribution in [1.82, 2.24) is 0 Å². The van der Waals surface area contributed by atoms with Gasteiger partial charge in [-0.3, -0.25) is 29.1 Å². The Morgan fingerprint density at radius 1 is 0.825 bits per heavy atom. The highest BCUT2D eigenvalue weighted by Crippen LogP contribution is 2.34. The maximum Gasteiger partial charge on any atom is 0.294 e. The van der Waals surface area contributed by atoms with Crippen molar-refractivity contribution in [2.75, 3.05) is 22.8 Å². The highest BCUT2D eigenvalue weighted by atomic mass is 32.2. The van der Waals surface area contributed by atoms with Crippen LogP contribution in [0, 0.1) is 0 Å². The van der Waals surface area contributed by atoms with Crippen LogP contribution in [-0.2, 0) is 31.5 Å². The molecule has 0 spiro atoms. The summed E-state index contributed by atoms with van der Waals surface area (Å²) in [5.41, 5.74) is 5.86. The minimum absolute atomic E-state index is 0.128. The van der Waals surface area contributed by atoms with Gasteiger partial charge in [0.1, 0.15) is 6.29 Å². The molecule has 4 aromatic rings. The van der Waals surface area contributed by atoms with E-state index >= 15 is 0 Å². The number of aryl methyl sites for hydroxylation is 1. The molecule has 0 aliphatic carbocycles. The molecule has 0 fully saturated rings. The van der Waals surface area contributed by atoms with Crippen LogP contribution in [0.25, 0.3) is 10.8 Å². The Hall–Kier alpha value is -4.30. The molecule has 0 saturated carbocycles. The molecule has 208 valence electrons. The van der Waals surface area contributed by atoms with Crippen molar-refractivity contribution in [3.63, 3.8) is 0 Å². The van der Waals surface area contributed by atoms with Crippen LogP contribution in [-0.4, -0.2) is 45.2 Å². The quantitative estimate of drug-likeness (QED) is 0.121. The van der Waals surface area contributed by atoms with Crippen LogP contribution in [0.5, 0.6) is 0 Å². The van der Waals surface area contributed by atoms with Crippen LogP contribution < -0.4 is 15.8 Å². The fraction of sp³-hybridized carbons (Fsp3) is 0.111. The first kappa shape index (κ1) is 28.7. The maximum atomic E-state index is 12.8. The molecule has 4 N–H and O–H groups in total. The summed E-state index contributed by atoms with van der Waals surface area (Å²) in [6, 6.07) is 19.5. The summed E-state index contributed by atoms with van der Waals surface area (Å²) < 4.78 is 65.1. The summed E-state index contributed by atoms with van der Waals surface area (Å²) in [7, 11) is -7.19. The number of fused-ring (bicyclic) bond motifs is 1. The van der Waals surface area contributed by atoms with Gasteiger partial charge in [-0.2, -0.15) is 16.8 Å². The van der Waals surface area contributed by atoms with Crippen LogP contribution in [0.15, 0.2) is 88.7 Å². The molecule has 0 atom stereocenters. The number of carbonyl (C=O) groups is 2. The van der Waals surface area contributed by atoms with Gasteiger partial charge >= 0.3 is 0 Å². The summed E-state index contributed by atoms with van der Waals surface area (Å²) in [5, 5.41) is 5.30. The normalized spacial score (nSPS) is 11.7. The standard InChI is InChI=1S/C27H25N3O8S2/c1-30(29-20-7-9-21(10-8-20)39(33,34)35)26-14-13-25(24-16-22(40(36,37)38)11-12-23(24)26)28-27(32)15-6-18-2-4-19(17-31)5-3-18/h2-5,7-14,16-17,29H,6,15H2,1H3,(H,28,32)(H,33,34,35)(H,36,37,38). The first-order chi connectivity index (χ1) is 18.8. The minimum atomic E-state index is -4.53. The third-order valence-electron chi connectivity index (χ3n) is 6.10. The van der Waals surface area contributed by atoms with E-state index in [2.05, 4.69) is 10.7 Å². The number of nitrogens with one attached hydrogen (secondary N) is 2. The van der Waals surface area contributed by atoms with E-state index in [4.69, 9.17) is 0 Å². The number of hydrogen-bond donors (Lipinski definition) is 4. The molecule has 0 bridgehead atoms. The van der Waals surface area contributed by atoms with E-state index in [1.165, 1.54) is 42.5 Å². The smallest absolute Gasteiger partial charge is 0.294 e. The zero-order valence-corrected chi connectivity index (χ0v) is 22.7. The molecule has 1 amide bonds. The molecule has 0 aromatic heterocycles. The molecule has 0 aliphatic rings. The predicted octanol–water partition coefficient (Wildman–Crippen LogP) is 4.18. The van der Waals surface area contributed by atoms with Crippen LogP contribution in [0.4, 0.5) is 17.1 Å². The second kappa shape index (κ2) is 11.4. The Labute approximate surface area is 230 Å². The van der Waals surface area contributed by atoms with E-state index in [1.807, 2.05) is 0 Å². The first-order valence-corrected chi connectivity index (χ1v) is 14.7. The average molecular weight is 584 g/mol. The van der Waals surface area contributed by atoms with E-state index in [0.29, 0.717) is 39.8 Å². The molecule has 0 heterocycles. The summed E-state index contributed by atoms with van der Waals surface area (Å²) in [6.07, 6.45) is 1.28. The van der Waals surface area contributed by atoms with Crippen LogP contribution in [0.3, 0.4) is 0 Å². The van der Waals surface area contributed by atoms with Crippen LogP contribution in [0.1, 0.15) is 22.3 Å². The number of amides is 1. The topological polar surface area (TPSA) is 170 Å². The van der Waals surface area contributed by atoms with E-state index in [-0.39, 0.29) is 22.1 Å². The van der Waals surface area contributed by atoms with Crippen LogP contribution in [0.2, 0.25) is 0 Å². The van der Waals surface area contributed by atoms with Crippen LogP contribution >= 0.6 is 0 Å². The van der Waals surface area contributed by atoms with E-state index < -0.39 is 20.2 Å². The van der Waals surface area contributed by atoms with E-state index in [1.54, 1.807) is 48.5 Å². The average Bonchev–Trinajstić information content (AvgIpc) is 2.91. The SMILES string of the molecule is CN(Nc1ccc(S(=O)(=O)O)cc1)c1ccc(NC(=O)CCc2ccc(C=O)cc2)c2cc(S(=O)(=O)O)ccc12. The lowest BCUT2D eigenvalue weighted by atomic mass is 10.1. The van der Waals surface area contributed by atoms with Gasteiger partial charge in [-0.05, 0) is 60.5 Å². The Morgan fingerprint density at radius 2 is 1.45 bits per heavy atom. The fourth-order valence-electron chi connectivity index (χ4n) is 4.06. The van der Waals surface area contributed by atoms with E-state index in [0.717, 1.165) is 11.8 Å². The van der Waals surface area contributed by atoms with Gasteiger partial charge in [-0.15, -0.1) is 0 Å². The number of nitrogens with zero attached hydrogens (tertiary/aromatic N) is 1. The number of rotatable bonds is 10. The van der Waals surface area contributed by atoms with Gasteiger partial charge in [0.05, 0.1) is 21.2 Å². The number of carbonyl (C=O) groups excluding carboxylic acids is 2. The maximum absolute atomic E-state index is 12.8. The number of anilines is 3. The van der Waals surface area contributed by atoms with Crippen molar-refractivity contribution in [3.05, 3.63) is 90.0 Å². The van der Waals surface area contributed by atoms with Gasteiger partial charge in [0.15, 0.2) is 0 Å². The molecule has 0 aliphatic heterocycles. The molecule has 40 heavy (non-hydrogen) atoms. The zero-order chi connectivity index (χ0) is 29.1. The molecular formula is C27H25N3O8S2. The van der Waals surface area contributed by atoms with Gasteiger partial charge in [-0.25, -0.2) is 0 Å². The number of hydrogen-bond acceptors (Lipinski definition) is 8. The fourth-order valence-corrected chi connectivity index (χ4v) is 5.05. The number of benzene rings is 4. The van der Waals surface area contributed by atoms with Gasteiger partial charge in [-0.1, -0.05) is 30.3 Å². The Bertz CT molecular complexity index is 1790. The molecule has 11 nitrogen and oxygen atoms in total. The molecular weight excluding hydrogens is 558 g/mol. The molecule has 0 saturated heterocycles. The Morgan fingerprint density at radius 3 is 2.05 bits per heavy atom. The van der Waals surface area contributed by atoms with Crippen molar-refractivity contribution >= 4 is 60.3 Å². The van der Waals surface area contributed by atoms with Gasteiger partial charge < -0.3 is 5.32 Å². The third-order valence-corrected chi connectivity index (χ3v) is 7.82. The number of hydrazine groups is 1. The zero-order valence-electron chi connectivity index (χ0n) is 21.1. The van der Waals surface area contributed by atoms with Crippen molar-refractivity contribution in [1.29, 1.82) is 0 Å². The van der Waals surface area contributed by atoms with Crippen molar-refractivity contribution < 1.29 is 35.5 Å². The largest absolute Gasteiger partial charge is 0.326 e. The van der Waals surface area contributed by atoms with Gasteiger partial charge in [0.2, 0.25) is 5.91 Å². The first-order valence-electron chi connectivity index (χ1n) is 11.8. The van der Waals surface area contributed by atoms with Crippen molar-refractivity contribution in [2.45, 2.75) is 22.6 Å². The lowest BCUT2D eigenvalue weighted by molar-refractivity contribution is -0.116. The molecule has 13 heteroatoms. The molecule has 4 rings (SSSR count). The summed E-state index contributed by atoms with van der Waals surface area (Å²) in [5.74, 6) is -0.323. The third kappa shape index (κ3) is 6.82. The Balaban J connectivity index is 1.61. The highest BCUT2D eigenvalue weighted by molar-refractivity contribution is 7.86. The molecule has 0 radical (unpaired) electrons. The second-order valence-corrected chi connectivity index (χ2v) is 11.7. The lowest BCUT2D eigenvalue weighted by Crippen LogP contribution is -2.25. The Kier molecular flexibility index (Phi) is 8.21. The highest BCUT2D eigenvalue weighted by Gasteiger charge is 2.17. The molecule has 4 aromatic carbocycles. The second-order valence-electron chi connectivity index (χ2n) is 8.89.